The number of carbonyl (C=O) groups excluding carboxylic acids is 1. The molecule has 4 heteroatoms. The number of allylic oxidation sites excluding steroid dienone is 1. The molecule has 0 spiro atoms. The summed E-state index contributed by atoms with van der Waals surface area (Å²) in [6, 6.07) is 8.41. The number of nitrogens with zero attached hydrogens (tertiary/aromatic N) is 1. The van der Waals surface area contributed by atoms with Crippen molar-refractivity contribution in [2.24, 2.45) is 7.05 Å². The number of amides is 1. The lowest BCUT2D eigenvalue weighted by atomic mass is 9.98. The maximum absolute atomic E-state index is 13.0. The number of fused-ring (bicyclic) bond motifs is 2. The highest BCUT2D eigenvalue weighted by atomic mass is 16.2. The molecule has 0 saturated heterocycles. The molecule has 0 aliphatic heterocycles. The van der Waals surface area contributed by atoms with E-state index in [1.165, 1.54) is 15.7 Å². The van der Waals surface area contributed by atoms with Gasteiger partial charge in [-0.2, -0.15) is 0 Å². The van der Waals surface area contributed by atoms with Crippen molar-refractivity contribution in [1.82, 2.24) is 9.88 Å². The van der Waals surface area contributed by atoms with Crippen LogP contribution in [-0.2, 0) is 19.9 Å². The fraction of sp³-hybridized carbons (Fsp3) is 0.333. The number of aromatic nitrogens is 1. The van der Waals surface area contributed by atoms with Crippen molar-refractivity contribution >= 4 is 12.0 Å². The van der Waals surface area contributed by atoms with Gasteiger partial charge in [0.1, 0.15) is 0 Å². The van der Waals surface area contributed by atoms with Crippen molar-refractivity contribution in [2.45, 2.75) is 38.1 Å². The zero-order chi connectivity index (χ0) is 17.4. The van der Waals surface area contributed by atoms with Gasteiger partial charge >= 0.3 is 0 Å². The molecule has 2 aliphatic rings. The van der Waals surface area contributed by atoms with Crippen LogP contribution >= 0.6 is 0 Å². The predicted molar refractivity (Wildman–Crippen MR) is 98.6 cm³/mol. The van der Waals surface area contributed by atoms with E-state index >= 15 is 0 Å². The number of rotatable bonds is 2. The van der Waals surface area contributed by atoms with Crippen molar-refractivity contribution in [1.29, 1.82) is 0 Å². The quantitative estimate of drug-likeness (QED) is 0.858. The molecule has 4 rings (SSSR count). The zero-order valence-electron chi connectivity index (χ0n) is 14.4. The predicted octanol–water partition coefficient (Wildman–Crippen LogP) is 3.15. The molecule has 2 aliphatic carbocycles. The Bertz CT molecular complexity index is 924. The van der Waals surface area contributed by atoms with Crippen LogP contribution in [0.4, 0.5) is 0 Å². The Hall–Kier alpha value is -2.62. The fourth-order valence-electron chi connectivity index (χ4n) is 3.98. The number of carbonyl (C=O) groups is 1. The Labute approximate surface area is 147 Å². The van der Waals surface area contributed by atoms with Crippen LogP contribution in [0.5, 0.6) is 0 Å². The topological polar surface area (TPSA) is 51.1 Å². The van der Waals surface area contributed by atoms with Gasteiger partial charge < -0.3 is 9.88 Å². The molecule has 25 heavy (non-hydrogen) atoms. The first-order valence-electron chi connectivity index (χ1n) is 8.93. The smallest absolute Gasteiger partial charge is 0.254 e. The van der Waals surface area contributed by atoms with E-state index < -0.39 is 0 Å². The van der Waals surface area contributed by atoms with Crippen LogP contribution in [0.1, 0.15) is 57.9 Å². The molecular weight excluding hydrogens is 312 g/mol. The fourth-order valence-corrected chi connectivity index (χ4v) is 3.98. The van der Waals surface area contributed by atoms with Crippen molar-refractivity contribution in [3.63, 3.8) is 0 Å². The van der Waals surface area contributed by atoms with E-state index in [9.17, 15) is 9.59 Å². The van der Waals surface area contributed by atoms with E-state index in [0.29, 0.717) is 12.0 Å². The molecule has 1 atom stereocenters. The van der Waals surface area contributed by atoms with Crippen molar-refractivity contribution < 1.29 is 4.79 Å². The first-order valence-corrected chi connectivity index (χ1v) is 8.93. The maximum Gasteiger partial charge on any atom is 0.254 e. The molecule has 0 saturated carbocycles. The third-order valence-electron chi connectivity index (χ3n) is 5.29. The number of hydrogen-bond acceptors (Lipinski definition) is 2. The van der Waals surface area contributed by atoms with E-state index in [1.54, 1.807) is 13.2 Å². The number of hydrogen-bond donors (Lipinski definition) is 1. The summed E-state index contributed by atoms with van der Waals surface area (Å²) in [6.07, 6.45) is 10.4. The lowest BCUT2D eigenvalue weighted by molar-refractivity contribution is 0.0933. The molecule has 0 radical (unpaired) electrons. The second kappa shape index (κ2) is 6.36. The largest absolute Gasteiger partial charge is 0.345 e. The number of benzene rings is 1. The summed E-state index contributed by atoms with van der Waals surface area (Å²) in [4.78, 5) is 25.2. The van der Waals surface area contributed by atoms with Gasteiger partial charge in [0, 0.05) is 18.8 Å². The van der Waals surface area contributed by atoms with E-state index in [0.717, 1.165) is 36.8 Å². The third-order valence-corrected chi connectivity index (χ3v) is 5.29. The standard InChI is InChI=1S/C21H22N2O2/c1-23-13-18(16-10-6-11-17(16)21(23)25)20(24)22-19-12-5-3-8-14-7-2-4-9-15(14)19/h2,4,6-7,9-10,13,19H,3,5,8,11-12H2,1H3,(H,22,24). The summed E-state index contributed by atoms with van der Waals surface area (Å²) >= 11 is 0. The monoisotopic (exact) mass is 334 g/mol. The van der Waals surface area contributed by atoms with Gasteiger partial charge in [-0.05, 0) is 42.4 Å². The average Bonchev–Trinajstić information content (AvgIpc) is 3.02. The molecular formula is C21H22N2O2. The number of pyridine rings is 1. The van der Waals surface area contributed by atoms with E-state index in [1.807, 2.05) is 18.2 Å². The summed E-state index contributed by atoms with van der Waals surface area (Å²) in [5.74, 6) is -0.0971. The SMILES string of the molecule is Cn1cc(C(=O)NC2CCCCc3ccccc32)c2c(c1=O)CC=C2. The zero-order valence-corrected chi connectivity index (χ0v) is 14.4. The summed E-state index contributed by atoms with van der Waals surface area (Å²) in [7, 11) is 1.71. The van der Waals surface area contributed by atoms with Crippen molar-refractivity contribution in [2.75, 3.05) is 0 Å². The molecule has 4 nitrogen and oxygen atoms in total. The molecule has 1 unspecified atom stereocenters. The van der Waals surface area contributed by atoms with Gasteiger partial charge in [0.15, 0.2) is 0 Å². The van der Waals surface area contributed by atoms with Gasteiger partial charge in [-0.3, -0.25) is 9.59 Å². The molecule has 2 aromatic rings. The van der Waals surface area contributed by atoms with Gasteiger partial charge in [-0.1, -0.05) is 42.8 Å². The van der Waals surface area contributed by atoms with Crippen molar-refractivity contribution in [3.8, 4) is 0 Å². The van der Waals surface area contributed by atoms with Crippen LogP contribution < -0.4 is 10.9 Å². The lowest BCUT2D eigenvalue weighted by Gasteiger charge is -2.20. The number of aryl methyl sites for hydroxylation is 2. The Morgan fingerprint density at radius 1 is 1.24 bits per heavy atom. The van der Waals surface area contributed by atoms with Crippen LogP contribution in [0.25, 0.3) is 6.08 Å². The minimum atomic E-state index is -0.0971. The van der Waals surface area contributed by atoms with Crippen LogP contribution in [0.3, 0.4) is 0 Å². The van der Waals surface area contributed by atoms with Crippen LogP contribution in [0, 0.1) is 0 Å². The van der Waals surface area contributed by atoms with Gasteiger partial charge in [0.05, 0.1) is 11.6 Å². The Balaban J connectivity index is 1.68. The highest BCUT2D eigenvalue weighted by Gasteiger charge is 2.24. The minimum absolute atomic E-state index is 0.0173. The van der Waals surface area contributed by atoms with Gasteiger partial charge in [-0.15, -0.1) is 0 Å². The summed E-state index contributed by atoms with van der Waals surface area (Å²) in [5.41, 5.74) is 4.63. The summed E-state index contributed by atoms with van der Waals surface area (Å²) in [6.45, 7) is 0. The minimum Gasteiger partial charge on any atom is -0.345 e. The van der Waals surface area contributed by atoms with Crippen LogP contribution in [-0.4, -0.2) is 10.5 Å². The third kappa shape index (κ3) is 2.82. The maximum atomic E-state index is 13.0. The number of nitrogens with one attached hydrogen (secondary N) is 1. The van der Waals surface area contributed by atoms with E-state index in [-0.39, 0.29) is 17.5 Å². The average molecular weight is 334 g/mol. The van der Waals surface area contributed by atoms with Crippen LogP contribution in [0.2, 0.25) is 0 Å². The van der Waals surface area contributed by atoms with Gasteiger partial charge in [0.25, 0.3) is 11.5 Å². The highest BCUT2D eigenvalue weighted by molar-refractivity contribution is 5.98. The van der Waals surface area contributed by atoms with Gasteiger partial charge in [0.2, 0.25) is 0 Å². The lowest BCUT2D eigenvalue weighted by Crippen LogP contribution is -2.32. The van der Waals surface area contributed by atoms with E-state index in [2.05, 4.69) is 23.5 Å². The Kier molecular flexibility index (Phi) is 4.04. The second-order valence-electron chi connectivity index (χ2n) is 6.93. The molecule has 0 fully saturated rings. The highest BCUT2D eigenvalue weighted by Crippen LogP contribution is 2.29. The molecule has 1 heterocycles. The van der Waals surface area contributed by atoms with E-state index in [4.69, 9.17) is 0 Å². The van der Waals surface area contributed by atoms with Crippen molar-refractivity contribution in [3.05, 3.63) is 74.7 Å². The first-order chi connectivity index (χ1) is 12.1. The van der Waals surface area contributed by atoms with Crippen LogP contribution in [0.15, 0.2) is 41.3 Å². The van der Waals surface area contributed by atoms with Gasteiger partial charge in [-0.25, -0.2) is 0 Å². The molecule has 1 aromatic carbocycles. The first kappa shape index (κ1) is 15.9. The molecule has 1 amide bonds. The second-order valence-corrected chi connectivity index (χ2v) is 6.93. The Morgan fingerprint density at radius 2 is 2.08 bits per heavy atom. The molecule has 0 bridgehead atoms. The summed E-state index contributed by atoms with van der Waals surface area (Å²) in [5, 5.41) is 3.22. The molecule has 1 N–H and O–H groups in total. The molecule has 128 valence electrons. The summed E-state index contributed by atoms with van der Waals surface area (Å²) < 4.78 is 1.52. The molecule has 1 aromatic heterocycles. The normalized spacial score (nSPS) is 18.4. The Morgan fingerprint density at radius 3 is 2.96 bits per heavy atom.